The van der Waals surface area contributed by atoms with Gasteiger partial charge in [0, 0.05) is 11.6 Å². The molecular formula is C12H19NO5. The van der Waals surface area contributed by atoms with Crippen LogP contribution in [-0.2, 0) is 14.4 Å². The largest absolute Gasteiger partial charge is 0.396 e. The van der Waals surface area contributed by atoms with Crippen molar-refractivity contribution in [3.63, 3.8) is 0 Å². The van der Waals surface area contributed by atoms with E-state index in [0.29, 0.717) is 6.42 Å². The Morgan fingerprint density at radius 1 is 1.50 bits per heavy atom. The molecule has 0 aliphatic heterocycles. The van der Waals surface area contributed by atoms with Crippen LogP contribution in [0.25, 0.3) is 0 Å². The molecule has 1 amide bonds. The number of amides is 1. The lowest BCUT2D eigenvalue weighted by Gasteiger charge is -2.26. The van der Waals surface area contributed by atoms with Gasteiger partial charge < -0.3 is 15.5 Å². The zero-order chi connectivity index (χ0) is 14.6. The highest BCUT2D eigenvalue weighted by Crippen LogP contribution is 2.19. The smallest absolute Gasteiger partial charge is 0.373 e. The average molecular weight is 257 g/mol. The van der Waals surface area contributed by atoms with Gasteiger partial charge in [-0.2, -0.15) is 9.59 Å². The van der Waals surface area contributed by atoms with Gasteiger partial charge >= 0.3 is 6.15 Å². The second kappa shape index (κ2) is 10.4. The summed E-state index contributed by atoms with van der Waals surface area (Å²) in [5.41, 5.74) is -0.837. The van der Waals surface area contributed by atoms with Gasteiger partial charge in [0.15, 0.2) is 0 Å². The van der Waals surface area contributed by atoms with Crippen LogP contribution in [0.4, 0.5) is 0 Å². The van der Waals surface area contributed by atoms with Crippen molar-refractivity contribution in [2.24, 2.45) is 5.41 Å². The van der Waals surface area contributed by atoms with Crippen molar-refractivity contribution in [2.45, 2.75) is 26.4 Å². The highest BCUT2D eigenvalue weighted by molar-refractivity contribution is 5.82. The predicted molar refractivity (Wildman–Crippen MR) is 64.0 cm³/mol. The van der Waals surface area contributed by atoms with E-state index in [2.05, 4.69) is 11.9 Å². The highest BCUT2D eigenvalue weighted by atomic mass is 16.3. The van der Waals surface area contributed by atoms with Crippen molar-refractivity contribution in [3.8, 4) is 0 Å². The van der Waals surface area contributed by atoms with E-state index in [4.69, 9.17) is 14.7 Å². The van der Waals surface area contributed by atoms with E-state index < -0.39 is 17.4 Å². The molecule has 0 aliphatic carbocycles. The van der Waals surface area contributed by atoms with Gasteiger partial charge in [0.1, 0.15) is 6.10 Å². The summed E-state index contributed by atoms with van der Waals surface area (Å²) in [5.74, 6) is -0.519. The van der Waals surface area contributed by atoms with Crippen LogP contribution in [0.5, 0.6) is 0 Å². The minimum atomic E-state index is -1.23. The SMILES string of the molecule is C=CC/C=C\NC(=O)[C@H](O)C(C)(C)CO.O=C=O. The molecule has 0 spiro atoms. The van der Waals surface area contributed by atoms with Crippen molar-refractivity contribution >= 4 is 12.1 Å². The van der Waals surface area contributed by atoms with Gasteiger partial charge in [-0.3, -0.25) is 4.79 Å². The average Bonchev–Trinajstić information content (AvgIpc) is 2.34. The molecule has 0 saturated carbocycles. The van der Waals surface area contributed by atoms with Crippen molar-refractivity contribution in [1.29, 1.82) is 0 Å². The fourth-order valence-corrected chi connectivity index (χ4v) is 0.826. The Morgan fingerprint density at radius 3 is 2.39 bits per heavy atom. The lowest BCUT2D eigenvalue weighted by Crippen LogP contribution is -2.44. The molecular weight excluding hydrogens is 238 g/mol. The molecule has 0 fully saturated rings. The highest BCUT2D eigenvalue weighted by Gasteiger charge is 2.32. The van der Waals surface area contributed by atoms with E-state index in [-0.39, 0.29) is 12.8 Å². The standard InChI is InChI=1S/C11H19NO3.CO2/c1-4-5-6-7-12-10(15)9(14)11(2,3)8-13;2-1-3/h4,6-7,9,13-14H,1,5,8H2,2-3H3,(H,12,15);/b7-6-;/t9-;/m0./s1. The lowest BCUT2D eigenvalue weighted by atomic mass is 9.87. The summed E-state index contributed by atoms with van der Waals surface area (Å²) in [4.78, 5) is 27.6. The number of hydrogen-bond acceptors (Lipinski definition) is 5. The normalized spacial score (nSPS) is 12.0. The minimum Gasteiger partial charge on any atom is -0.396 e. The van der Waals surface area contributed by atoms with Crippen LogP contribution >= 0.6 is 0 Å². The molecule has 1 atom stereocenters. The van der Waals surface area contributed by atoms with E-state index in [1.54, 1.807) is 26.0 Å². The molecule has 102 valence electrons. The Hall–Kier alpha value is -1.75. The molecule has 0 unspecified atom stereocenters. The topological polar surface area (TPSA) is 104 Å². The van der Waals surface area contributed by atoms with Crippen LogP contribution in [0.15, 0.2) is 24.9 Å². The summed E-state index contributed by atoms with van der Waals surface area (Å²) in [7, 11) is 0. The fraction of sp³-hybridized carbons (Fsp3) is 0.500. The number of aliphatic hydroxyl groups excluding tert-OH is 2. The Labute approximate surface area is 106 Å². The van der Waals surface area contributed by atoms with Crippen molar-refractivity contribution in [2.75, 3.05) is 6.61 Å². The van der Waals surface area contributed by atoms with E-state index in [0.717, 1.165) is 0 Å². The molecule has 0 aromatic heterocycles. The Bertz CT molecular complexity index is 316. The zero-order valence-electron chi connectivity index (χ0n) is 10.5. The van der Waals surface area contributed by atoms with E-state index in [9.17, 15) is 9.90 Å². The van der Waals surface area contributed by atoms with Crippen LogP contribution in [0.1, 0.15) is 20.3 Å². The summed E-state index contributed by atoms with van der Waals surface area (Å²) < 4.78 is 0. The summed E-state index contributed by atoms with van der Waals surface area (Å²) in [6, 6.07) is 0. The number of rotatable bonds is 6. The van der Waals surface area contributed by atoms with Crippen LogP contribution in [0, 0.1) is 5.41 Å². The second-order valence-corrected chi connectivity index (χ2v) is 4.07. The zero-order valence-corrected chi connectivity index (χ0v) is 10.5. The maximum Gasteiger partial charge on any atom is 0.373 e. The maximum atomic E-state index is 11.4. The van der Waals surface area contributed by atoms with Gasteiger partial charge in [0.2, 0.25) is 0 Å². The quantitative estimate of drug-likeness (QED) is 0.580. The van der Waals surface area contributed by atoms with Gasteiger partial charge in [0.25, 0.3) is 5.91 Å². The first-order valence-electron chi connectivity index (χ1n) is 5.21. The van der Waals surface area contributed by atoms with Gasteiger partial charge in [-0.25, -0.2) is 0 Å². The third kappa shape index (κ3) is 8.41. The number of aliphatic hydroxyl groups is 2. The fourth-order valence-electron chi connectivity index (χ4n) is 0.826. The molecule has 6 heteroatoms. The molecule has 0 aromatic rings. The van der Waals surface area contributed by atoms with Crippen LogP contribution in [0.3, 0.4) is 0 Å². The molecule has 0 heterocycles. The van der Waals surface area contributed by atoms with Crippen molar-refractivity contribution in [1.82, 2.24) is 5.32 Å². The first-order chi connectivity index (χ1) is 8.37. The van der Waals surface area contributed by atoms with E-state index in [1.165, 1.54) is 6.20 Å². The lowest BCUT2D eigenvalue weighted by molar-refractivity contribution is -0.191. The number of carbonyl (C=O) groups is 1. The molecule has 6 nitrogen and oxygen atoms in total. The van der Waals surface area contributed by atoms with Crippen LogP contribution in [0.2, 0.25) is 0 Å². The maximum absolute atomic E-state index is 11.4. The first-order valence-corrected chi connectivity index (χ1v) is 5.21. The summed E-state index contributed by atoms with van der Waals surface area (Å²) in [6.45, 7) is 6.50. The summed E-state index contributed by atoms with van der Waals surface area (Å²) in [5, 5.41) is 21.0. The number of carbonyl (C=O) groups excluding carboxylic acids is 3. The minimum absolute atomic E-state index is 0.250. The van der Waals surface area contributed by atoms with Crippen LogP contribution in [-0.4, -0.2) is 35.0 Å². The van der Waals surface area contributed by atoms with Gasteiger partial charge in [-0.1, -0.05) is 26.0 Å². The monoisotopic (exact) mass is 257 g/mol. The molecule has 0 rings (SSSR count). The van der Waals surface area contributed by atoms with Crippen LogP contribution < -0.4 is 5.32 Å². The number of hydrogen-bond donors (Lipinski definition) is 3. The molecule has 0 aliphatic rings. The molecule has 0 saturated heterocycles. The van der Waals surface area contributed by atoms with Crippen molar-refractivity contribution < 1.29 is 24.6 Å². The molecule has 0 radical (unpaired) electrons. The van der Waals surface area contributed by atoms with Crippen molar-refractivity contribution in [3.05, 3.63) is 24.9 Å². The van der Waals surface area contributed by atoms with E-state index in [1.807, 2.05) is 0 Å². The molecule has 18 heavy (non-hydrogen) atoms. The summed E-state index contributed by atoms with van der Waals surface area (Å²) in [6.07, 6.45) is 4.54. The molecule has 0 bridgehead atoms. The molecule has 0 aromatic carbocycles. The Morgan fingerprint density at radius 2 is 2.00 bits per heavy atom. The predicted octanol–water partition coefficient (Wildman–Crippen LogP) is -0.0117. The van der Waals surface area contributed by atoms with E-state index >= 15 is 0 Å². The van der Waals surface area contributed by atoms with Gasteiger partial charge in [-0.05, 0) is 6.42 Å². The Balaban J connectivity index is 0. The second-order valence-electron chi connectivity index (χ2n) is 4.07. The van der Waals surface area contributed by atoms with Gasteiger partial charge in [-0.15, -0.1) is 6.58 Å². The number of allylic oxidation sites excluding steroid dienone is 2. The summed E-state index contributed by atoms with van der Waals surface area (Å²) >= 11 is 0. The Kier molecular flexibility index (Phi) is 10.8. The number of nitrogens with one attached hydrogen (secondary N) is 1. The molecule has 3 N–H and O–H groups in total. The first kappa shape index (κ1) is 18.6. The third-order valence-electron chi connectivity index (χ3n) is 2.04. The van der Waals surface area contributed by atoms with Gasteiger partial charge in [0.05, 0.1) is 6.61 Å². The third-order valence-corrected chi connectivity index (χ3v) is 2.04.